The van der Waals surface area contributed by atoms with E-state index in [4.69, 9.17) is 0 Å². The van der Waals surface area contributed by atoms with Gasteiger partial charge in [0.25, 0.3) is 5.56 Å². The van der Waals surface area contributed by atoms with Crippen LogP contribution in [0.5, 0.6) is 0 Å². The number of rotatable bonds is 3. The summed E-state index contributed by atoms with van der Waals surface area (Å²) in [7, 11) is 0. The Morgan fingerprint density at radius 3 is 2.83 bits per heavy atom. The molecule has 0 amide bonds. The SMILES string of the molecule is Cc1nc(C)c(C(C)Nc2cn[nH]c(=O)c2Br)s1. The van der Waals surface area contributed by atoms with Gasteiger partial charge in [-0.15, -0.1) is 11.3 Å². The Bertz CT molecular complexity index is 622. The van der Waals surface area contributed by atoms with Crippen LogP contribution in [0.15, 0.2) is 15.5 Å². The minimum absolute atomic E-state index is 0.0797. The molecule has 0 aliphatic carbocycles. The number of H-pyrrole nitrogens is 1. The van der Waals surface area contributed by atoms with Crippen molar-refractivity contribution in [2.75, 3.05) is 5.32 Å². The van der Waals surface area contributed by atoms with Gasteiger partial charge in [-0.3, -0.25) is 4.79 Å². The van der Waals surface area contributed by atoms with Crippen molar-refractivity contribution >= 4 is 33.0 Å². The van der Waals surface area contributed by atoms with E-state index in [1.165, 1.54) is 4.88 Å². The van der Waals surface area contributed by atoms with E-state index in [0.717, 1.165) is 10.7 Å². The smallest absolute Gasteiger partial charge is 0.280 e. The zero-order valence-corrected chi connectivity index (χ0v) is 12.6. The highest BCUT2D eigenvalue weighted by molar-refractivity contribution is 9.10. The van der Waals surface area contributed by atoms with E-state index >= 15 is 0 Å². The van der Waals surface area contributed by atoms with Crippen LogP contribution in [0.2, 0.25) is 0 Å². The highest BCUT2D eigenvalue weighted by Crippen LogP contribution is 2.28. The minimum atomic E-state index is -0.246. The van der Waals surface area contributed by atoms with Crippen LogP contribution in [0.3, 0.4) is 0 Å². The van der Waals surface area contributed by atoms with Crippen LogP contribution in [0.4, 0.5) is 5.69 Å². The predicted molar refractivity (Wildman–Crippen MR) is 76.2 cm³/mol. The van der Waals surface area contributed by atoms with E-state index < -0.39 is 0 Å². The fraction of sp³-hybridized carbons (Fsp3) is 0.364. The first-order chi connectivity index (χ1) is 8.49. The van der Waals surface area contributed by atoms with E-state index in [0.29, 0.717) is 10.2 Å². The first kappa shape index (κ1) is 13.2. The van der Waals surface area contributed by atoms with Crippen LogP contribution in [0.25, 0.3) is 0 Å². The van der Waals surface area contributed by atoms with Gasteiger partial charge in [0.2, 0.25) is 0 Å². The summed E-state index contributed by atoms with van der Waals surface area (Å²) in [5.74, 6) is 0. The molecule has 7 heteroatoms. The summed E-state index contributed by atoms with van der Waals surface area (Å²) in [5, 5.41) is 10.4. The molecule has 2 aromatic heterocycles. The lowest BCUT2D eigenvalue weighted by Crippen LogP contribution is -2.14. The van der Waals surface area contributed by atoms with E-state index in [-0.39, 0.29) is 11.6 Å². The Kier molecular flexibility index (Phi) is 3.82. The number of hydrogen-bond acceptors (Lipinski definition) is 5. The average Bonchev–Trinajstić information content (AvgIpc) is 2.64. The quantitative estimate of drug-likeness (QED) is 0.908. The number of halogens is 1. The number of thiazole rings is 1. The molecule has 18 heavy (non-hydrogen) atoms. The van der Waals surface area contributed by atoms with Crippen LogP contribution in [0.1, 0.15) is 28.5 Å². The zero-order chi connectivity index (χ0) is 13.3. The second kappa shape index (κ2) is 5.19. The summed E-state index contributed by atoms with van der Waals surface area (Å²) >= 11 is 4.90. The van der Waals surface area contributed by atoms with Crippen molar-refractivity contribution < 1.29 is 0 Å². The molecular formula is C11H13BrN4OS. The van der Waals surface area contributed by atoms with Crippen molar-refractivity contribution in [1.29, 1.82) is 0 Å². The van der Waals surface area contributed by atoms with Gasteiger partial charge in [0, 0.05) is 4.88 Å². The minimum Gasteiger partial charge on any atom is -0.375 e. The van der Waals surface area contributed by atoms with Gasteiger partial charge in [-0.25, -0.2) is 10.1 Å². The molecule has 1 atom stereocenters. The first-order valence-corrected chi connectivity index (χ1v) is 7.03. The lowest BCUT2D eigenvalue weighted by Gasteiger charge is -2.14. The fourth-order valence-corrected chi connectivity index (χ4v) is 2.97. The fourth-order valence-electron chi connectivity index (χ4n) is 1.73. The van der Waals surface area contributed by atoms with Crippen LogP contribution >= 0.6 is 27.3 Å². The number of aromatic amines is 1. The summed E-state index contributed by atoms with van der Waals surface area (Å²) in [4.78, 5) is 17.0. The maximum absolute atomic E-state index is 11.4. The van der Waals surface area contributed by atoms with Gasteiger partial charge in [0.05, 0.1) is 28.6 Å². The monoisotopic (exact) mass is 328 g/mol. The molecule has 0 spiro atoms. The van der Waals surface area contributed by atoms with Gasteiger partial charge in [0.1, 0.15) is 4.47 Å². The van der Waals surface area contributed by atoms with Gasteiger partial charge >= 0.3 is 0 Å². The van der Waals surface area contributed by atoms with E-state index in [2.05, 4.69) is 36.4 Å². The lowest BCUT2D eigenvalue weighted by molar-refractivity contribution is 0.876. The number of hydrogen-bond donors (Lipinski definition) is 2. The molecule has 2 rings (SSSR count). The van der Waals surface area contributed by atoms with Crippen LogP contribution in [-0.2, 0) is 0 Å². The Balaban J connectivity index is 2.26. The number of aromatic nitrogens is 3. The van der Waals surface area contributed by atoms with Gasteiger partial charge < -0.3 is 5.32 Å². The van der Waals surface area contributed by atoms with Crippen molar-refractivity contribution in [3.63, 3.8) is 0 Å². The van der Waals surface area contributed by atoms with Crippen molar-refractivity contribution in [3.05, 3.63) is 36.6 Å². The van der Waals surface area contributed by atoms with Gasteiger partial charge in [-0.05, 0) is 36.7 Å². The number of nitrogens with one attached hydrogen (secondary N) is 2. The Hall–Kier alpha value is -1.21. The predicted octanol–water partition coefficient (Wildman–Crippen LogP) is 2.78. The second-order valence-electron chi connectivity index (χ2n) is 3.98. The van der Waals surface area contributed by atoms with Gasteiger partial charge in [-0.1, -0.05) is 0 Å². The Labute approximate surface area is 117 Å². The van der Waals surface area contributed by atoms with Gasteiger partial charge in [0.15, 0.2) is 0 Å². The summed E-state index contributed by atoms with van der Waals surface area (Å²) in [5.41, 5.74) is 1.45. The molecule has 0 saturated heterocycles. The maximum atomic E-state index is 11.4. The molecule has 0 fully saturated rings. The normalized spacial score (nSPS) is 12.4. The second-order valence-corrected chi connectivity index (χ2v) is 6.00. The number of anilines is 1. The molecule has 1 unspecified atom stereocenters. The summed E-state index contributed by atoms with van der Waals surface area (Å²) in [6.45, 7) is 6.01. The molecule has 0 aliphatic rings. The zero-order valence-electron chi connectivity index (χ0n) is 10.2. The highest BCUT2D eigenvalue weighted by Gasteiger charge is 2.14. The van der Waals surface area contributed by atoms with Crippen LogP contribution < -0.4 is 10.9 Å². The molecule has 0 radical (unpaired) electrons. The van der Waals surface area contributed by atoms with Crippen molar-refractivity contribution in [2.45, 2.75) is 26.8 Å². The summed E-state index contributed by atoms with van der Waals surface area (Å²) < 4.78 is 0.461. The van der Waals surface area contributed by atoms with E-state index in [1.807, 2.05) is 20.8 Å². The third-order valence-corrected chi connectivity index (χ3v) is 4.54. The molecule has 0 bridgehead atoms. The molecule has 0 aromatic carbocycles. The third-order valence-electron chi connectivity index (χ3n) is 2.50. The molecule has 2 N–H and O–H groups in total. The topological polar surface area (TPSA) is 70.7 Å². The van der Waals surface area contributed by atoms with Crippen molar-refractivity contribution in [1.82, 2.24) is 15.2 Å². The largest absolute Gasteiger partial charge is 0.375 e. The number of aryl methyl sites for hydroxylation is 2. The molecule has 2 heterocycles. The Morgan fingerprint density at radius 2 is 2.22 bits per heavy atom. The maximum Gasteiger partial charge on any atom is 0.280 e. The van der Waals surface area contributed by atoms with E-state index in [9.17, 15) is 4.79 Å². The number of nitrogens with zero attached hydrogens (tertiary/aromatic N) is 2. The lowest BCUT2D eigenvalue weighted by atomic mass is 10.2. The average molecular weight is 329 g/mol. The van der Waals surface area contributed by atoms with Gasteiger partial charge in [-0.2, -0.15) is 5.10 Å². The molecular weight excluding hydrogens is 316 g/mol. The van der Waals surface area contributed by atoms with Crippen molar-refractivity contribution in [2.24, 2.45) is 0 Å². The first-order valence-electron chi connectivity index (χ1n) is 5.42. The molecule has 2 aromatic rings. The molecule has 0 aliphatic heterocycles. The Morgan fingerprint density at radius 1 is 1.50 bits per heavy atom. The van der Waals surface area contributed by atoms with Crippen molar-refractivity contribution in [3.8, 4) is 0 Å². The molecule has 0 saturated carbocycles. The molecule has 96 valence electrons. The molecule has 5 nitrogen and oxygen atoms in total. The highest BCUT2D eigenvalue weighted by atomic mass is 79.9. The van der Waals surface area contributed by atoms with Crippen LogP contribution in [-0.4, -0.2) is 15.2 Å². The van der Waals surface area contributed by atoms with E-state index in [1.54, 1.807) is 17.5 Å². The van der Waals surface area contributed by atoms with Crippen LogP contribution in [0, 0.1) is 13.8 Å². The standard InChI is InChI=1S/C11H13BrN4OS/c1-5-10(18-7(3)14-5)6(2)15-8-4-13-16-11(17)9(8)12/h4,6H,1-3H3,(H2,15,16,17). The third kappa shape index (κ3) is 2.62. The summed E-state index contributed by atoms with van der Waals surface area (Å²) in [6.07, 6.45) is 1.59. The summed E-state index contributed by atoms with van der Waals surface area (Å²) in [6, 6.07) is 0.0797.